The van der Waals surface area contributed by atoms with E-state index in [1.807, 2.05) is 73.9 Å². The first-order valence-electron chi connectivity index (χ1n) is 21.8. The van der Waals surface area contributed by atoms with E-state index >= 15 is 0 Å². The molecule has 62 heavy (non-hydrogen) atoms. The number of ether oxygens (including phenoxy) is 4. The predicted octanol–water partition coefficient (Wildman–Crippen LogP) is 6.84. The van der Waals surface area contributed by atoms with Crippen LogP contribution >= 0.6 is 0 Å². The number of rotatable bonds is 25. The van der Waals surface area contributed by atoms with Gasteiger partial charge in [0.2, 0.25) is 0 Å². The molecule has 348 valence electrons. The molecule has 0 saturated heterocycles. The summed E-state index contributed by atoms with van der Waals surface area (Å²) in [6.07, 6.45) is 1.39. The molecule has 1 N–H and O–H groups in total. The zero-order valence-electron chi connectivity index (χ0n) is 40.1. The van der Waals surface area contributed by atoms with Gasteiger partial charge >= 0.3 is 17.9 Å². The van der Waals surface area contributed by atoms with Gasteiger partial charge in [0.1, 0.15) is 34.9 Å². The second-order valence-electron chi connectivity index (χ2n) is 20.6. The zero-order chi connectivity index (χ0) is 46.9. The third-order valence-corrected chi connectivity index (χ3v) is 9.14. The van der Waals surface area contributed by atoms with Gasteiger partial charge in [-0.2, -0.15) is 0 Å². The molecule has 0 aliphatic rings. The number of Topliss-reactive ketones (excluding diaryl/α,β-unsaturated/α-hetero) is 2. The fraction of sp³-hybridized carbons (Fsp3) is 0.653. The minimum atomic E-state index is -0.707. The monoisotopic (exact) mass is 868 g/mol. The molecule has 0 amide bonds. The van der Waals surface area contributed by atoms with Crippen molar-refractivity contribution in [1.82, 2.24) is 14.7 Å². The lowest BCUT2D eigenvalue weighted by atomic mass is 9.96. The summed E-state index contributed by atoms with van der Waals surface area (Å²) < 4.78 is 22.5. The number of phenols is 1. The highest BCUT2D eigenvalue weighted by Gasteiger charge is 2.26. The van der Waals surface area contributed by atoms with Crippen LogP contribution in [0.15, 0.2) is 48.5 Å². The highest BCUT2D eigenvalue weighted by molar-refractivity contribution is 5.82. The third kappa shape index (κ3) is 25.7. The van der Waals surface area contributed by atoms with E-state index in [0.29, 0.717) is 45.4 Å². The van der Waals surface area contributed by atoms with Crippen LogP contribution in [-0.4, -0.2) is 132 Å². The van der Waals surface area contributed by atoms with E-state index in [4.69, 9.17) is 18.9 Å². The van der Waals surface area contributed by atoms with E-state index in [9.17, 15) is 29.1 Å². The van der Waals surface area contributed by atoms with Crippen molar-refractivity contribution >= 4 is 29.5 Å². The molecule has 13 heteroatoms. The molecule has 2 rings (SSSR count). The van der Waals surface area contributed by atoms with Gasteiger partial charge in [0.15, 0.2) is 5.78 Å². The normalized spacial score (nSPS) is 13.0. The van der Waals surface area contributed by atoms with Crippen molar-refractivity contribution in [2.75, 3.05) is 65.5 Å². The Bertz CT molecular complexity index is 1680. The molecule has 0 unspecified atom stereocenters. The maximum Gasteiger partial charge on any atom is 0.320 e. The van der Waals surface area contributed by atoms with Gasteiger partial charge in [-0.15, -0.1) is 0 Å². The molecule has 2 aromatic carbocycles. The number of aryl methyl sites for hydroxylation is 1. The van der Waals surface area contributed by atoms with Crippen molar-refractivity contribution in [2.45, 2.75) is 133 Å². The van der Waals surface area contributed by atoms with Crippen molar-refractivity contribution < 1.29 is 48.0 Å². The summed E-state index contributed by atoms with van der Waals surface area (Å²) in [7, 11) is 0. The van der Waals surface area contributed by atoms with Gasteiger partial charge in [-0.3, -0.25) is 38.7 Å². The molecule has 0 saturated carbocycles. The quantitative estimate of drug-likeness (QED) is 0.0821. The van der Waals surface area contributed by atoms with Gasteiger partial charge in [0.05, 0.1) is 32.8 Å². The Labute approximate surface area is 371 Å². The van der Waals surface area contributed by atoms with Gasteiger partial charge in [-0.05, 0) is 109 Å². The lowest BCUT2D eigenvalue weighted by molar-refractivity contribution is -0.160. The van der Waals surface area contributed by atoms with E-state index in [-0.39, 0.29) is 80.6 Å². The molecule has 0 radical (unpaired) electrons. The number of esters is 3. The number of nitrogens with zero attached hydrogens (tertiary/aromatic N) is 3. The van der Waals surface area contributed by atoms with E-state index in [1.165, 1.54) is 0 Å². The van der Waals surface area contributed by atoms with Crippen LogP contribution in [0.3, 0.4) is 0 Å². The Balaban J connectivity index is 2.13. The molecule has 0 spiro atoms. The molecule has 0 bridgehead atoms. The Morgan fingerprint density at radius 1 is 0.565 bits per heavy atom. The summed E-state index contributed by atoms with van der Waals surface area (Å²) in [5, 5.41) is 9.51. The van der Waals surface area contributed by atoms with Crippen molar-refractivity contribution in [3.8, 4) is 5.75 Å². The van der Waals surface area contributed by atoms with Crippen molar-refractivity contribution in [2.24, 2.45) is 11.3 Å². The molecule has 0 heterocycles. The molecular formula is C49H77N3O10. The number of ketones is 2. The van der Waals surface area contributed by atoms with E-state index < -0.39 is 28.7 Å². The summed E-state index contributed by atoms with van der Waals surface area (Å²) in [6.45, 7) is 26.8. The van der Waals surface area contributed by atoms with E-state index in [2.05, 4.69) is 20.8 Å². The number of carbonyl (C=O) groups is 5. The van der Waals surface area contributed by atoms with Crippen LogP contribution in [0.1, 0.15) is 113 Å². The van der Waals surface area contributed by atoms with Gasteiger partial charge in [0.25, 0.3) is 0 Å². The number of aromatic hydroxyl groups is 1. The highest BCUT2D eigenvalue weighted by atomic mass is 16.6. The van der Waals surface area contributed by atoms with E-state index in [1.54, 1.807) is 58.6 Å². The Morgan fingerprint density at radius 2 is 0.984 bits per heavy atom. The number of hydrogen-bond acceptors (Lipinski definition) is 13. The zero-order valence-corrected chi connectivity index (χ0v) is 40.1. The first kappa shape index (κ1) is 54.0. The molecule has 0 aliphatic heterocycles. The van der Waals surface area contributed by atoms with Crippen LogP contribution < -0.4 is 0 Å². The first-order valence-corrected chi connectivity index (χ1v) is 21.8. The topological polar surface area (TPSA) is 152 Å². The van der Waals surface area contributed by atoms with Crippen molar-refractivity contribution in [3.63, 3.8) is 0 Å². The smallest absolute Gasteiger partial charge is 0.320 e. The number of hydrogen-bond donors (Lipinski definition) is 1. The number of benzene rings is 2. The number of carbonyl (C=O) groups excluding carboxylic acids is 5. The van der Waals surface area contributed by atoms with Crippen LogP contribution in [-0.2, 0) is 62.4 Å². The summed E-state index contributed by atoms with van der Waals surface area (Å²) in [5.74, 6) is -1.27. The Hall–Kier alpha value is -4.17. The van der Waals surface area contributed by atoms with Crippen LogP contribution in [0, 0.1) is 11.3 Å². The largest absolute Gasteiger partial charge is 0.508 e. The second-order valence-corrected chi connectivity index (χ2v) is 20.6. The minimum absolute atomic E-state index is 0.000733. The molecular weight excluding hydrogens is 791 g/mol. The Kier molecular flexibility index (Phi) is 21.4. The molecule has 2 aromatic rings. The minimum Gasteiger partial charge on any atom is -0.508 e. The highest BCUT2D eigenvalue weighted by Crippen LogP contribution is 2.18. The van der Waals surface area contributed by atoms with Gasteiger partial charge in [-0.1, -0.05) is 64.1 Å². The van der Waals surface area contributed by atoms with Crippen molar-refractivity contribution in [3.05, 3.63) is 65.2 Å². The molecule has 13 nitrogen and oxygen atoms in total. The summed E-state index contributed by atoms with van der Waals surface area (Å²) in [5.41, 5.74) is 0.719. The average Bonchev–Trinajstić information content (AvgIpc) is 3.10. The summed E-state index contributed by atoms with van der Waals surface area (Å²) in [4.78, 5) is 70.9. The second kappa shape index (κ2) is 24.6. The lowest BCUT2D eigenvalue weighted by Crippen LogP contribution is -2.47. The maximum atomic E-state index is 13.7. The van der Waals surface area contributed by atoms with Crippen LogP contribution in [0.25, 0.3) is 0 Å². The maximum absolute atomic E-state index is 13.7. The van der Waals surface area contributed by atoms with Gasteiger partial charge in [-0.25, -0.2) is 0 Å². The summed E-state index contributed by atoms with van der Waals surface area (Å²) >= 11 is 0. The van der Waals surface area contributed by atoms with Gasteiger partial charge < -0.3 is 24.1 Å². The summed E-state index contributed by atoms with van der Waals surface area (Å²) in [6, 6.07) is 14.7. The van der Waals surface area contributed by atoms with Crippen LogP contribution in [0.2, 0.25) is 0 Å². The predicted molar refractivity (Wildman–Crippen MR) is 242 cm³/mol. The average molecular weight is 868 g/mol. The SMILES string of the molecule is C[C@H](Cc1ccc(O)cc1)C(=O)COCc1ccc(CCC(=O)CN(CCN(CC(=O)OC(C)(C)C)CC(=O)OC(C)(C)C)CCN(CC(=O)OC(C)(C)C)CC(C)(C)C)cc1. The standard InChI is InChI=1S/C49H77N3O10/c1-36(28-38-19-21-40(53)22-20-38)42(55)34-59-33-39-16-14-37(15-17-39)18-23-41(54)29-50(25-27-52(35-46(2,3)4)32-45(58)62-49(11,12)13)24-26-51(30-43(56)60-47(5,6)7)31-44(57)61-48(8,9)10/h14-17,19-22,36,53H,18,23-35H2,1-13H3/t36-/m1/s1. The van der Waals surface area contributed by atoms with Crippen LogP contribution in [0.4, 0.5) is 0 Å². The lowest BCUT2D eigenvalue weighted by Gasteiger charge is -2.33. The Morgan fingerprint density at radius 3 is 1.45 bits per heavy atom. The first-order chi connectivity index (χ1) is 28.5. The third-order valence-electron chi connectivity index (χ3n) is 9.14. The van der Waals surface area contributed by atoms with E-state index in [0.717, 1.165) is 16.7 Å². The number of phenolic OH excluding ortho intramolecular Hbond substituents is 1. The van der Waals surface area contributed by atoms with Crippen LogP contribution in [0.5, 0.6) is 5.75 Å². The molecule has 0 aliphatic carbocycles. The van der Waals surface area contributed by atoms with Gasteiger partial charge in [0, 0.05) is 45.1 Å². The molecule has 0 aromatic heterocycles. The fourth-order valence-corrected chi connectivity index (χ4v) is 6.53. The molecule has 0 fully saturated rings. The molecule has 1 atom stereocenters. The van der Waals surface area contributed by atoms with Crippen molar-refractivity contribution in [1.29, 1.82) is 0 Å². The fourth-order valence-electron chi connectivity index (χ4n) is 6.53.